The molecule has 18 heavy (non-hydrogen) atoms. The monoisotopic (exact) mass is 244 g/mol. The Kier molecular flexibility index (Phi) is 3.06. The van der Waals surface area contributed by atoms with Gasteiger partial charge in [0.05, 0.1) is 24.5 Å². The van der Waals surface area contributed by atoms with Crippen LogP contribution in [0.15, 0.2) is 18.6 Å². The second-order valence-corrected chi connectivity index (χ2v) is 4.53. The first kappa shape index (κ1) is 11.3. The molecular weight excluding hydrogens is 228 g/mol. The van der Waals surface area contributed by atoms with Gasteiger partial charge in [-0.3, -0.25) is 0 Å². The molecule has 5 nitrogen and oxygen atoms in total. The van der Waals surface area contributed by atoms with E-state index in [4.69, 9.17) is 4.74 Å². The van der Waals surface area contributed by atoms with E-state index in [0.717, 1.165) is 42.5 Å². The largest absolute Gasteiger partial charge is 0.481 e. The van der Waals surface area contributed by atoms with Crippen molar-refractivity contribution in [1.82, 2.24) is 20.3 Å². The molecule has 2 aromatic heterocycles. The molecule has 0 saturated carbocycles. The molecule has 1 N–H and O–H groups in total. The lowest BCUT2D eigenvalue weighted by Crippen LogP contribution is -2.27. The Hall–Kier alpha value is -1.75. The third-order valence-electron chi connectivity index (χ3n) is 3.46. The molecule has 0 aromatic carbocycles. The van der Waals surface area contributed by atoms with Gasteiger partial charge in [0.25, 0.3) is 0 Å². The number of hydrogen-bond donors (Lipinski definition) is 1. The van der Waals surface area contributed by atoms with Gasteiger partial charge in [-0.05, 0) is 25.9 Å². The smallest absolute Gasteiger partial charge is 0.213 e. The molecule has 0 radical (unpaired) electrons. The molecule has 5 heteroatoms. The Labute approximate surface area is 106 Å². The van der Waals surface area contributed by atoms with Crippen LogP contribution in [0.4, 0.5) is 0 Å². The molecule has 0 bridgehead atoms. The molecule has 1 saturated heterocycles. The van der Waals surface area contributed by atoms with Gasteiger partial charge in [0.15, 0.2) is 0 Å². The van der Waals surface area contributed by atoms with Crippen LogP contribution in [0, 0.1) is 0 Å². The first-order chi connectivity index (χ1) is 8.88. The fourth-order valence-electron chi connectivity index (χ4n) is 2.49. The van der Waals surface area contributed by atoms with E-state index in [1.165, 1.54) is 0 Å². The minimum absolute atomic E-state index is 0.504. The summed E-state index contributed by atoms with van der Waals surface area (Å²) in [6.07, 6.45) is 5.63. The van der Waals surface area contributed by atoms with Crippen LogP contribution in [0.1, 0.15) is 24.5 Å². The van der Waals surface area contributed by atoms with Crippen LogP contribution in [0.5, 0.6) is 5.88 Å². The molecular formula is C13H16N4O. The lowest BCUT2D eigenvalue weighted by Gasteiger charge is -2.22. The first-order valence-corrected chi connectivity index (χ1v) is 6.24. The van der Waals surface area contributed by atoms with Crippen molar-refractivity contribution >= 4 is 10.9 Å². The summed E-state index contributed by atoms with van der Waals surface area (Å²) in [7, 11) is 1.63. The van der Waals surface area contributed by atoms with E-state index in [1.807, 2.05) is 6.07 Å². The zero-order valence-electron chi connectivity index (χ0n) is 10.4. The molecule has 3 heterocycles. The van der Waals surface area contributed by atoms with Crippen LogP contribution in [0.3, 0.4) is 0 Å². The predicted octanol–water partition coefficient (Wildman–Crippen LogP) is 1.50. The highest BCUT2D eigenvalue weighted by Crippen LogP contribution is 2.29. The Balaban J connectivity index is 2.09. The molecule has 0 amide bonds. The number of rotatable bonds is 2. The molecule has 0 spiro atoms. The summed E-state index contributed by atoms with van der Waals surface area (Å²) in [5.41, 5.74) is 2.02. The van der Waals surface area contributed by atoms with Crippen molar-refractivity contribution in [2.75, 3.05) is 20.2 Å². The van der Waals surface area contributed by atoms with E-state index in [-0.39, 0.29) is 0 Å². The lowest BCUT2D eigenvalue weighted by molar-refractivity contribution is 0.398. The van der Waals surface area contributed by atoms with E-state index in [0.29, 0.717) is 11.8 Å². The molecule has 1 fully saturated rings. The van der Waals surface area contributed by atoms with Crippen LogP contribution < -0.4 is 10.1 Å². The lowest BCUT2D eigenvalue weighted by atomic mass is 9.92. The molecule has 2 aromatic rings. The third kappa shape index (κ3) is 2.01. The zero-order valence-corrected chi connectivity index (χ0v) is 10.4. The van der Waals surface area contributed by atoms with Crippen LogP contribution in [0.2, 0.25) is 0 Å². The van der Waals surface area contributed by atoms with Gasteiger partial charge in [-0.15, -0.1) is 0 Å². The van der Waals surface area contributed by atoms with Gasteiger partial charge in [-0.25, -0.2) is 15.0 Å². The highest BCUT2D eigenvalue weighted by atomic mass is 16.5. The predicted molar refractivity (Wildman–Crippen MR) is 68.7 cm³/mol. The Morgan fingerprint density at radius 3 is 2.83 bits per heavy atom. The Bertz CT molecular complexity index is 552. The Morgan fingerprint density at radius 2 is 2.06 bits per heavy atom. The second-order valence-electron chi connectivity index (χ2n) is 4.53. The molecule has 3 rings (SSSR count). The average Bonchev–Trinajstić information content (AvgIpc) is 2.47. The van der Waals surface area contributed by atoms with Crippen molar-refractivity contribution in [3.05, 3.63) is 24.3 Å². The molecule has 94 valence electrons. The van der Waals surface area contributed by atoms with Gasteiger partial charge in [0.1, 0.15) is 6.33 Å². The van der Waals surface area contributed by atoms with Crippen molar-refractivity contribution in [3.63, 3.8) is 0 Å². The quantitative estimate of drug-likeness (QED) is 0.867. The average molecular weight is 244 g/mol. The summed E-state index contributed by atoms with van der Waals surface area (Å²) in [6, 6.07) is 1.94. The van der Waals surface area contributed by atoms with Crippen LogP contribution in [0.25, 0.3) is 10.9 Å². The van der Waals surface area contributed by atoms with Crippen LogP contribution in [-0.2, 0) is 0 Å². The van der Waals surface area contributed by atoms with E-state index in [1.54, 1.807) is 19.6 Å². The van der Waals surface area contributed by atoms with E-state index < -0.39 is 0 Å². The molecule has 0 unspecified atom stereocenters. The van der Waals surface area contributed by atoms with Crippen LogP contribution >= 0.6 is 0 Å². The maximum Gasteiger partial charge on any atom is 0.213 e. The highest BCUT2D eigenvalue weighted by molar-refractivity contribution is 5.81. The minimum Gasteiger partial charge on any atom is -0.481 e. The third-order valence-corrected chi connectivity index (χ3v) is 3.46. The number of piperidine rings is 1. The summed E-state index contributed by atoms with van der Waals surface area (Å²) in [4.78, 5) is 12.9. The SMILES string of the molecule is COc1cc2c(C3CCNCC3)ncnc2cn1. The van der Waals surface area contributed by atoms with Crippen molar-refractivity contribution in [2.24, 2.45) is 0 Å². The topological polar surface area (TPSA) is 59.9 Å². The number of methoxy groups -OCH3 is 1. The van der Waals surface area contributed by atoms with Gasteiger partial charge in [0, 0.05) is 17.4 Å². The number of fused-ring (bicyclic) bond motifs is 1. The number of hydrogen-bond acceptors (Lipinski definition) is 5. The van der Waals surface area contributed by atoms with Crippen molar-refractivity contribution in [3.8, 4) is 5.88 Å². The molecule has 0 aliphatic carbocycles. The standard InChI is InChI=1S/C13H16N4O/c1-18-12-6-10-11(7-15-12)16-8-17-13(10)9-2-4-14-5-3-9/h6-9,14H,2-5H2,1H3. The molecule has 1 aliphatic heterocycles. The van der Waals surface area contributed by atoms with Crippen molar-refractivity contribution in [2.45, 2.75) is 18.8 Å². The number of nitrogens with one attached hydrogen (secondary N) is 1. The number of nitrogens with zero attached hydrogens (tertiary/aromatic N) is 3. The fourth-order valence-corrected chi connectivity index (χ4v) is 2.49. The maximum absolute atomic E-state index is 5.19. The summed E-state index contributed by atoms with van der Waals surface area (Å²) in [5, 5.41) is 4.44. The van der Waals surface area contributed by atoms with Crippen molar-refractivity contribution in [1.29, 1.82) is 0 Å². The van der Waals surface area contributed by atoms with Gasteiger partial charge < -0.3 is 10.1 Å². The maximum atomic E-state index is 5.19. The van der Waals surface area contributed by atoms with Gasteiger partial charge in [-0.1, -0.05) is 0 Å². The summed E-state index contributed by atoms with van der Waals surface area (Å²) in [5.74, 6) is 1.12. The van der Waals surface area contributed by atoms with E-state index in [2.05, 4.69) is 20.3 Å². The van der Waals surface area contributed by atoms with E-state index >= 15 is 0 Å². The van der Waals surface area contributed by atoms with Gasteiger partial charge in [-0.2, -0.15) is 0 Å². The Morgan fingerprint density at radius 1 is 1.22 bits per heavy atom. The first-order valence-electron chi connectivity index (χ1n) is 6.24. The van der Waals surface area contributed by atoms with Crippen LogP contribution in [-0.4, -0.2) is 35.2 Å². The second kappa shape index (κ2) is 4.86. The minimum atomic E-state index is 0.504. The van der Waals surface area contributed by atoms with Crippen molar-refractivity contribution < 1.29 is 4.74 Å². The molecule has 1 aliphatic rings. The highest BCUT2D eigenvalue weighted by Gasteiger charge is 2.19. The van der Waals surface area contributed by atoms with Gasteiger partial charge in [0.2, 0.25) is 5.88 Å². The summed E-state index contributed by atoms with van der Waals surface area (Å²) in [6.45, 7) is 2.11. The number of pyridine rings is 1. The summed E-state index contributed by atoms with van der Waals surface area (Å²) < 4.78 is 5.19. The molecule has 0 atom stereocenters. The zero-order chi connectivity index (χ0) is 12.4. The van der Waals surface area contributed by atoms with E-state index in [9.17, 15) is 0 Å². The number of aromatic nitrogens is 3. The fraction of sp³-hybridized carbons (Fsp3) is 0.462. The normalized spacial score (nSPS) is 16.9. The van der Waals surface area contributed by atoms with Gasteiger partial charge >= 0.3 is 0 Å². The summed E-state index contributed by atoms with van der Waals surface area (Å²) >= 11 is 0. The number of ether oxygens (including phenoxy) is 1.